The van der Waals surface area contributed by atoms with Crippen LogP contribution in [-0.4, -0.2) is 32.2 Å². The second kappa shape index (κ2) is 6.07. The highest BCUT2D eigenvalue weighted by Crippen LogP contribution is 2.25. The van der Waals surface area contributed by atoms with E-state index in [1.807, 2.05) is 0 Å². The number of hydrogen-bond acceptors (Lipinski definition) is 6. The minimum absolute atomic E-state index is 0.0244. The predicted octanol–water partition coefficient (Wildman–Crippen LogP) is 1.04. The van der Waals surface area contributed by atoms with Crippen LogP contribution in [0.1, 0.15) is 12.5 Å². The molecular weight excluding hydrogens is 256 g/mol. The van der Waals surface area contributed by atoms with E-state index in [1.165, 1.54) is 12.3 Å². The van der Waals surface area contributed by atoms with Crippen molar-refractivity contribution >= 4 is 22.3 Å². The second-order valence-electron chi connectivity index (χ2n) is 3.61. The molecule has 0 aromatic carbocycles. The first-order valence-corrected chi connectivity index (χ1v) is 6.69. The summed E-state index contributed by atoms with van der Waals surface area (Å²) in [6, 6.07) is 3.03. The number of anilines is 1. The molecule has 8 heteroatoms. The van der Waals surface area contributed by atoms with Gasteiger partial charge in [-0.3, -0.25) is 14.3 Å². The molecule has 7 nitrogen and oxygen atoms in total. The maximum atomic E-state index is 11.2. The molecule has 0 aliphatic carbocycles. The highest BCUT2D eigenvalue weighted by atomic mass is 32.2. The van der Waals surface area contributed by atoms with Crippen molar-refractivity contribution in [1.82, 2.24) is 4.98 Å². The van der Waals surface area contributed by atoms with Gasteiger partial charge in [-0.25, -0.2) is 4.98 Å². The van der Waals surface area contributed by atoms with Gasteiger partial charge in [0.25, 0.3) is 0 Å². The molecule has 1 aromatic rings. The van der Waals surface area contributed by atoms with Crippen molar-refractivity contribution in [2.45, 2.75) is 12.2 Å². The van der Waals surface area contributed by atoms with Gasteiger partial charge < -0.3 is 5.32 Å². The first-order chi connectivity index (χ1) is 8.47. The molecule has 0 amide bonds. The second-order valence-corrected chi connectivity index (χ2v) is 5.42. The molecule has 1 rings (SSSR count). The van der Waals surface area contributed by atoms with Crippen LogP contribution in [0.4, 0.5) is 11.5 Å². The zero-order chi connectivity index (χ0) is 13.7. The van der Waals surface area contributed by atoms with E-state index in [9.17, 15) is 14.3 Å². The van der Waals surface area contributed by atoms with Gasteiger partial charge in [-0.1, -0.05) is 0 Å². The molecule has 18 heavy (non-hydrogen) atoms. The van der Waals surface area contributed by atoms with Gasteiger partial charge >= 0.3 is 5.69 Å². The third kappa shape index (κ3) is 3.24. The van der Waals surface area contributed by atoms with Crippen molar-refractivity contribution in [2.24, 2.45) is 0 Å². The van der Waals surface area contributed by atoms with Crippen LogP contribution in [0.5, 0.6) is 0 Å². The van der Waals surface area contributed by atoms with Gasteiger partial charge in [0.15, 0.2) is 0 Å². The Labute approximate surface area is 106 Å². The van der Waals surface area contributed by atoms with E-state index in [-0.39, 0.29) is 28.9 Å². The lowest BCUT2D eigenvalue weighted by atomic mass is 10.2. The van der Waals surface area contributed by atoms with E-state index in [2.05, 4.69) is 10.3 Å². The molecule has 0 radical (unpaired) electrons. The Kier molecular flexibility index (Phi) is 4.74. The number of aromatic nitrogens is 1. The topological polar surface area (TPSA) is 109 Å². The lowest BCUT2D eigenvalue weighted by molar-refractivity contribution is -0.384. The van der Waals surface area contributed by atoms with Gasteiger partial charge in [0.2, 0.25) is 5.82 Å². The summed E-state index contributed by atoms with van der Waals surface area (Å²) in [6.45, 7) is 2.04. The minimum atomic E-state index is -1.03. The van der Waals surface area contributed by atoms with Gasteiger partial charge in [-0.15, -0.1) is 0 Å². The molecule has 0 bridgehead atoms. The Hall–Kier alpha value is -2.01. The molecule has 0 fully saturated rings. The van der Waals surface area contributed by atoms with Crippen molar-refractivity contribution in [1.29, 1.82) is 5.26 Å². The number of rotatable bonds is 5. The molecular formula is C10H12N4O3S. The SMILES string of the molecule is C[C@@H](CNc1nccc(C#N)c1[N+](=O)[O-])[S@@](C)=O. The molecule has 1 N–H and O–H groups in total. The van der Waals surface area contributed by atoms with Gasteiger partial charge in [-0.2, -0.15) is 5.26 Å². The lowest BCUT2D eigenvalue weighted by Gasteiger charge is -2.10. The van der Waals surface area contributed by atoms with Crippen molar-refractivity contribution in [3.05, 3.63) is 27.9 Å². The summed E-state index contributed by atoms with van der Waals surface area (Å²) >= 11 is 0. The van der Waals surface area contributed by atoms with E-state index in [4.69, 9.17) is 5.26 Å². The normalized spacial score (nSPS) is 13.4. The molecule has 96 valence electrons. The van der Waals surface area contributed by atoms with Crippen LogP contribution >= 0.6 is 0 Å². The monoisotopic (exact) mass is 268 g/mol. The fraction of sp³-hybridized carbons (Fsp3) is 0.400. The van der Waals surface area contributed by atoms with Crippen LogP contribution in [0, 0.1) is 21.4 Å². The average Bonchev–Trinajstić information content (AvgIpc) is 2.34. The van der Waals surface area contributed by atoms with Crippen molar-refractivity contribution in [2.75, 3.05) is 18.1 Å². The molecule has 0 aliphatic heterocycles. The number of nitrogens with one attached hydrogen (secondary N) is 1. The van der Waals surface area contributed by atoms with E-state index in [0.29, 0.717) is 0 Å². The number of nitrogens with zero attached hydrogens (tertiary/aromatic N) is 3. The number of pyridine rings is 1. The lowest BCUT2D eigenvalue weighted by Crippen LogP contribution is -2.21. The molecule has 1 heterocycles. The molecule has 0 spiro atoms. The summed E-state index contributed by atoms with van der Waals surface area (Å²) in [5.74, 6) is 0.0244. The van der Waals surface area contributed by atoms with E-state index >= 15 is 0 Å². The first kappa shape index (κ1) is 14.1. The van der Waals surface area contributed by atoms with Gasteiger partial charge in [0, 0.05) is 35.0 Å². The molecule has 0 saturated heterocycles. The Morgan fingerprint density at radius 1 is 1.72 bits per heavy atom. The maximum absolute atomic E-state index is 11.2. The van der Waals surface area contributed by atoms with E-state index < -0.39 is 15.7 Å². The summed E-state index contributed by atoms with van der Waals surface area (Å²) < 4.78 is 11.2. The van der Waals surface area contributed by atoms with Crippen molar-refractivity contribution < 1.29 is 9.13 Å². The van der Waals surface area contributed by atoms with Crippen molar-refractivity contribution in [3.8, 4) is 6.07 Å². The Bertz CT molecular complexity index is 526. The molecule has 0 unspecified atom stereocenters. The minimum Gasteiger partial charge on any atom is -0.363 e. The zero-order valence-corrected chi connectivity index (χ0v) is 10.7. The summed E-state index contributed by atoms with van der Waals surface area (Å²) in [4.78, 5) is 14.1. The van der Waals surface area contributed by atoms with E-state index in [0.717, 1.165) is 0 Å². The Morgan fingerprint density at radius 3 is 2.89 bits per heavy atom. The zero-order valence-electron chi connectivity index (χ0n) is 9.91. The Morgan fingerprint density at radius 2 is 2.39 bits per heavy atom. The summed E-state index contributed by atoms with van der Waals surface area (Å²) in [5.41, 5.74) is -0.406. The fourth-order valence-corrected chi connectivity index (χ4v) is 1.53. The van der Waals surface area contributed by atoms with Crippen LogP contribution in [0.2, 0.25) is 0 Å². The quantitative estimate of drug-likeness (QED) is 0.631. The van der Waals surface area contributed by atoms with Crippen molar-refractivity contribution in [3.63, 3.8) is 0 Å². The smallest absolute Gasteiger partial charge is 0.328 e. The number of hydrogen-bond donors (Lipinski definition) is 1. The third-order valence-corrected chi connectivity index (χ3v) is 3.65. The standard InChI is InChI=1S/C10H12N4O3S/c1-7(18(2)17)6-13-10-9(14(15)16)8(5-11)3-4-12-10/h3-4,7H,6H2,1-2H3,(H,12,13)/t7-,18+/m0/s1. The molecule has 2 atom stereocenters. The number of nitriles is 1. The van der Waals surface area contributed by atoms with E-state index in [1.54, 1.807) is 19.2 Å². The fourth-order valence-electron chi connectivity index (χ4n) is 1.22. The third-order valence-electron chi connectivity index (χ3n) is 2.35. The molecule has 0 aliphatic rings. The van der Waals surface area contributed by atoms with Crippen LogP contribution < -0.4 is 5.32 Å². The molecule has 0 saturated carbocycles. The first-order valence-electron chi connectivity index (χ1n) is 5.07. The summed E-state index contributed by atoms with van der Waals surface area (Å²) in [5, 5.41) is 22.3. The highest BCUT2D eigenvalue weighted by Gasteiger charge is 2.21. The van der Waals surface area contributed by atoms with Gasteiger partial charge in [0.1, 0.15) is 11.6 Å². The predicted molar refractivity (Wildman–Crippen MR) is 67.6 cm³/mol. The van der Waals surface area contributed by atoms with Crippen LogP contribution in [0.25, 0.3) is 0 Å². The average molecular weight is 268 g/mol. The largest absolute Gasteiger partial charge is 0.363 e. The van der Waals surface area contributed by atoms with Gasteiger partial charge in [-0.05, 0) is 13.0 Å². The Balaban J connectivity index is 2.99. The van der Waals surface area contributed by atoms with Gasteiger partial charge in [0.05, 0.1) is 4.92 Å². The summed E-state index contributed by atoms with van der Waals surface area (Å²) in [6.07, 6.45) is 2.88. The number of nitro groups is 1. The maximum Gasteiger partial charge on any atom is 0.328 e. The van der Waals surface area contributed by atoms with Crippen LogP contribution in [0.15, 0.2) is 12.3 Å². The summed E-state index contributed by atoms with van der Waals surface area (Å²) in [7, 11) is -1.03. The van der Waals surface area contributed by atoms with Crippen LogP contribution in [0.3, 0.4) is 0 Å². The molecule has 1 aromatic heterocycles. The highest BCUT2D eigenvalue weighted by molar-refractivity contribution is 7.84. The van der Waals surface area contributed by atoms with Crippen LogP contribution in [-0.2, 0) is 10.8 Å².